The standard InChI is InChI=1S/C25H26F2N2O5/c1-15(2)33-24(31)13-20(16-7-9-17(32-3)10-8-16)29-22(30)11-12-23-28-14-21(34-23)25-18(26)5-4-6-19(25)27/h4-10,14-15,20H,11-13H2,1-3H3,(H,29,30). The first-order valence-electron chi connectivity index (χ1n) is 10.8. The molecule has 0 bridgehead atoms. The Kier molecular flexibility index (Phi) is 8.34. The minimum atomic E-state index is -0.768. The van der Waals surface area contributed by atoms with E-state index in [-0.39, 0.29) is 48.5 Å². The van der Waals surface area contributed by atoms with E-state index in [1.807, 2.05) is 0 Å². The van der Waals surface area contributed by atoms with Crippen LogP contribution in [0.15, 0.2) is 53.1 Å². The lowest BCUT2D eigenvalue weighted by Gasteiger charge is -2.19. The topological polar surface area (TPSA) is 90.7 Å². The van der Waals surface area contributed by atoms with E-state index in [0.29, 0.717) is 11.3 Å². The maximum atomic E-state index is 14.0. The number of hydrogen-bond donors (Lipinski definition) is 1. The Morgan fingerprint density at radius 3 is 2.38 bits per heavy atom. The first-order chi connectivity index (χ1) is 16.3. The molecule has 0 aliphatic carbocycles. The number of rotatable bonds is 10. The Labute approximate surface area is 196 Å². The average Bonchev–Trinajstić information content (AvgIpc) is 3.25. The summed E-state index contributed by atoms with van der Waals surface area (Å²) in [4.78, 5) is 28.9. The number of carbonyl (C=O) groups is 2. The normalized spacial score (nSPS) is 11.8. The first kappa shape index (κ1) is 24.9. The van der Waals surface area contributed by atoms with Gasteiger partial charge in [-0.2, -0.15) is 0 Å². The van der Waals surface area contributed by atoms with Gasteiger partial charge in [-0.3, -0.25) is 9.59 Å². The number of hydrogen-bond acceptors (Lipinski definition) is 6. The number of halogens is 2. The quantitative estimate of drug-likeness (QED) is 0.428. The number of nitrogens with one attached hydrogen (secondary N) is 1. The van der Waals surface area contributed by atoms with E-state index in [1.165, 1.54) is 12.3 Å². The van der Waals surface area contributed by atoms with Crippen molar-refractivity contribution >= 4 is 11.9 Å². The lowest BCUT2D eigenvalue weighted by molar-refractivity contribution is -0.148. The molecule has 9 heteroatoms. The second-order valence-corrected chi connectivity index (χ2v) is 7.85. The summed E-state index contributed by atoms with van der Waals surface area (Å²) < 4.78 is 43.7. The number of ether oxygens (including phenoxy) is 2. The summed E-state index contributed by atoms with van der Waals surface area (Å²) in [5.74, 6) is -1.58. The maximum absolute atomic E-state index is 14.0. The van der Waals surface area contributed by atoms with E-state index in [0.717, 1.165) is 12.1 Å². The molecule has 0 saturated carbocycles. The molecule has 0 aliphatic rings. The van der Waals surface area contributed by atoms with Crippen LogP contribution >= 0.6 is 0 Å². The van der Waals surface area contributed by atoms with Gasteiger partial charge in [0.1, 0.15) is 17.4 Å². The van der Waals surface area contributed by atoms with Crippen LogP contribution in [-0.4, -0.2) is 30.1 Å². The molecule has 0 aliphatic heterocycles. The number of carbonyl (C=O) groups excluding carboxylic acids is 2. The summed E-state index contributed by atoms with van der Waals surface area (Å²) in [6.45, 7) is 3.49. The number of benzene rings is 2. The van der Waals surface area contributed by atoms with Crippen LogP contribution in [-0.2, 0) is 20.7 Å². The van der Waals surface area contributed by atoms with Crippen LogP contribution < -0.4 is 10.1 Å². The van der Waals surface area contributed by atoms with Gasteiger partial charge in [-0.25, -0.2) is 13.8 Å². The van der Waals surface area contributed by atoms with Crippen LogP contribution in [0.25, 0.3) is 11.3 Å². The van der Waals surface area contributed by atoms with Gasteiger partial charge in [0.05, 0.1) is 37.4 Å². The van der Waals surface area contributed by atoms with Gasteiger partial charge in [0, 0.05) is 12.8 Å². The van der Waals surface area contributed by atoms with Crippen molar-refractivity contribution in [1.82, 2.24) is 10.3 Å². The first-order valence-corrected chi connectivity index (χ1v) is 10.8. The molecule has 0 spiro atoms. The SMILES string of the molecule is COc1ccc(C(CC(=O)OC(C)C)NC(=O)CCc2ncc(-c3c(F)cccc3F)o2)cc1. The highest BCUT2D eigenvalue weighted by molar-refractivity contribution is 5.78. The minimum absolute atomic E-state index is 0.00834. The summed E-state index contributed by atoms with van der Waals surface area (Å²) in [6, 6.07) is 9.88. The predicted molar refractivity (Wildman–Crippen MR) is 120 cm³/mol. The fourth-order valence-corrected chi connectivity index (χ4v) is 3.33. The molecule has 3 rings (SSSR count). The number of aromatic nitrogens is 1. The van der Waals surface area contributed by atoms with Crippen LogP contribution in [0.4, 0.5) is 8.78 Å². The van der Waals surface area contributed by atoms with Crippen molar-refractivity contribution in [3.8, 4) is 17.1 Å². The number of amides is 1. The Morgan fingerprint density at radius 1 is 1.09 bits per heavy atom. The third-order valence-electron chi connectivity index (χ3n) is 4.92. The number of aryl methyl sites for hydroxylation is 1. The summed E-state index contributed by atoms with van der Waals surface area (Å²) in [6.07, 6.45) is 0.986. The molecule has 34 heavy (non-hydrogen) atoms. The summed E-state index contributed by atoms with van der Waals surface area (Å²) >= 11 is 0. The van der Waals surface area contributed by atoms with Crippen LogP contribution in [0.1, 0.15) is 44.2 Å². The van der Waals surface area contributed by atoms with E-state index in [1.54, 1.807) is 45.2 Å². The smallest absolute Gasteiger partial charge is 0.308 e. The van der Waals surface area contributed by atoms with Gasteiger partial charge in [-0.15, -0.1) is 0 Å². The van der Waals surface area contributed by atoms with Crippen molar-refractivity contribution < 1.29 is 32.3 Å². The lowest BCUT2D eigenvalue weighted by Crippen LogP contribution is -2.31. The van der Waals surface area contributed by atoms with E-state index < -0.39 is 23.6 Å². The Bertz CT molecular complexity index is 1110. The molecule has 1 amide bonds. The third kappa shape index (κ3) is 6.63. The van der Waals surface area contributed by atoms with Crippen LogP contribution in [0.2, 0.25) is 0 Å². The van der Waals surface area contributed by atoms with Gasteiger partial charge in [-0.1, -0.05) is 18.2 Å². The Hall–Kier alpha value is -3.75. The summed E-state index contributed by atoms with van der Waals surface area (Å²) in [5, 5.41) is 2.83. The highest BCUT2D eigenvalue weighted by Gasteiger charge is 2.21. The van der Waals surface area contributed by atoms with Crippen molar-refractivity contribution in [2.24, 2.45) is 0 Å². The summed E-state index contributed by atoms with van der Waals surface area (Å²) in [5.41, 5.74) is 0.400. The molecule has 0 radical (unpaired) electrons. The third-order valence-corrected chi connectivity index (χ3v) is 4.92. The number of nitrogens with zero attached hydrogens (tertiary/aromatic N) is 1. The zero-order chi connectivity index (χ0) is 24.7. The molecular weight excluding hydrogens is 446 g/mol. The fraction of sp³-hybridized carbons (Fsp3) is 0.320. The van der Waals surface area contributed by atoms with Crippen LogP contribution in [0, 0.1) is 11.6 Å². The Balaban J connectivity index is 1.66. The molecule has 3 aromatic rings. The van der Waals surface area contributed by atoms with Gasteiger partial charge in [-0.05, 0) is 43.7 Å². The second-order valence-electron chi connectivity index (χ2n) is 7.85. The molecule has 0 saturated heterocycles. The molecular formula is C25H26F2N2O5. The number of esters is 1. The number of methoxy groups -OCH3 is 1. The molecule has 1 N–H and O–H groups in total. The van der Waals surface area contributed by atoms with Crippen LogP contribution in [0.3, 0.4) is 0 Å². The van der Waals surface area contributed by atoms with Crippen molar-refractivity contribution in [1.29, 1.82) is 0 Å². The molecule has 180 valence electrons. The fourth-order valence-electron chi connectivity index (χ4n) is 3.33. The van der Waals surface area contributed by atoms with Gasteiger partial charge in [0.25, 0.3) is 0 Å². The zero-order valence-corrected chi connectivity index (χ0v) is 19.1. The van der Waals surface area contributed by atoms with Gasteiger partial charge in [0.2, 0.25) is 5.91 Å². The van der Waals surface area contributed by atoms with E-state index in [4.69, 9.17) is 13.9 Å². The molecule has 2 aromatic carbocycles. The molecule has 7 nitrogen and oxygen atoms in total. The predicted octanol–water partition coefficient (Wildman–Crippen LogP) is 4.76. The number of oxazole rings is 1. The largest absolute Gasteiger partial charge is 0.497 e. The Morgan fingerprint density at radius 2 is 1.76 bits per heavy atom. The molecule has 1 aromatic heterocycles. The van der Waals surface area contributed by atoms with E-state index in [9.17, 15) is 18.4 Å². The highest BCUT2D eigenvalue weighted by atomic mass is 19.1. The monoisotopic (exact) mass is 472 g/mol. The lowest BCUT2D eigenvalue weighted by atomic mass is 10.0. The van der Waals surface area contributed by atoms with Crippen molar-refractivity contribution in [2.45, 2.75) is 45.3 Å². The maximum Gasteiger partial charge on any atom is 0.308 e. The molecule has 1 unspecified atom stereocenters. The van der Waals surface area contributed by atoms with Crippen molar-refractivity contribution in [2.75, 3.05) is 7.11 Å². The zero-order valence-electron chi connectivity index (χ0n) is 19.1. The summed E-state index contributed by atoms with van der Waals surface area (Å²) in [7, 11) is 1.54. The van der Waals surface area contributed by atoms with Crippen LogP contribution in [0.5, 0.6) is 5.75 Å². The van der Waals surface area contributed by atoms with Gasteiger partial charge in [0.15, 0.2) is 11.7 Å². The van der Waals surface area contributed by atoms with Crippen molar-refractivity contribution in [3.63, 3.8) is 0 Å². The second kappa shape index (κ2) is 11.4. The van der Waals surface area contributed by atoms with Gasteiger partial charge >= 0.3 is 5.97 Å². The molecule has 1 atom stereocenters. The minimum Gasteiger partial charge on any atom is -0.497 e. The average molecular weight is 472 g/mol. The van der Waals surface area contributed by atoms with E-state index >= 15 is 0 Å². The van der Waals surface area contributed by atoms with E-state index in [2.05, 4.69) is 10.3 Å². The van der Waals surface area contributed by atoms with Crippen molar-refractivity contribution in [3.05, 3.63) is 71.8 Å². The molecule has 0 fully saturated rings. The molecule has 1 heterocycles. The van der Waals surface area contributed by atoms with Gasteiger partial charge < -0.3 is 19.2 Å². The highest BCUT2D eigenvalue weighted by Crippen LogP contribution is 2.27.